The lowest BCUT2D eigenvalue weighted by atomic mass is 9.98. The average molecular weight is 434 g/mol. The molecule has 156 valence electrons. The van der Waals surface area contributed by atoms with Gasteiger partial charge < -0.3 is 10.6 Å². The lowest BCUT2D eigenvalue weighted by Crippen LogP contribution is -2.25. The predicted molar refractivity (Wildman–Crippen MR) is 120 cm³/mol. The molecule has 0 bridgehead atoms. The van der Waals surface area contributed by atoms with Gasteiger partial charge in [-0.1, -0.05) is 29.8 Å². The summed E-state index contributed by atoms with van der Waals surface area (Å²) < 4.78 is 0. The number of hydrogen-bond donors (Lipinski definition) is 2. The van der Waals surface area contributed by atoms with Crippen LogP contribution in [0.3, 0.4) is 0 Å². The van der Waals surface area contributed by atoms with Crippen molar-refractivity contribution in [2.24, 2.45) is 5.73 Å². The molecule has 0 spiro atoms. The van der Waals surface area contributed by atoms with Crippen molar-refractivity contribution in [2.75, 3.05) is 14.1 Å². The average Bonchev–Trinajstić information content (AvgIpc) is 3.14. The number of pyridine rings is 1. The molecule has 0 atom stereocenters. The molecule has 0 aliphatic carbocycles. The highest BCUT2D eigenvalue weighted by atomic mass is 35.5. The zero-order valence-corrected chi connectivity index (χ0v) is 17.8. The second-order valence-corrected chi connectivity index (χ2v) is 7.86. The third-order valence-electron chi connectivity index (χ3n) is 5.01. The molecule has 2 amide bonds. The number of nitrogens with zero attached hydrogens (tertiary/aromatic N) is 3. The number of aromatic amines is 1. The number of halogens is 1. The summed E-state index contributed by atoms with van der Waals surface area (Å²) >= 11 is 6.10. The van der Waals surface area contributed by atoms with Crippen LogP contribution in [0.25, 0.3) is 22.2 Å². The van der Waals surface area contributed by atoms with Gasteiger partial charge in [0.05, 0.1) is 11.1 Å². The van der Waals surface area contributed by atoms with Crippen LogP contribution in [0.5, 0.6) is 0 Å². The summed E-state index contributed by atoms with van der Waals surface area (Å²) in [7, 11) is 3.25. The van der Waals surface area contributed by atoms with Gasteiger partial charge in [0, 0.05) is 48.4 Å². The molecule has 0 radical (unpaired) electrons. The first-order chi connectivity index (χ1) is 14.8. The normalized spacial score (nSPS) is 10.9. The van der Waals surface area contributed by atoms with Gasteiger partial charge in [0.1, 0.15) is 0 Å². The van der Waals surface area contributed by atoms with Gasteiger partial charge in [-0.05, 0) is 41.5 Å². The van der Waals surface area contributed by atoms with Gasteiger partial charge in [-0.25, -0.2) is 4.98 Å². The maximum absolute atomic E-state index is 12.6. The van der Waals surface area contributed by atoms with E-state index in [2.05, 4.69) is 15.2 Å². The third kappa shape index (κ3) is 4.13. The highest BCUT2D eigenvalue weighted by Crippen LogP contribution is 2.27. The summed E-state index contributed by atoms with van der Waals surface area (Å²) in [6.07, 6.45) is 2.31. The van der Waals surface area contributed by atoms with Gasteiger partial charge in [-0.15, -0.1) is 0 Å². The number of aromatic nitrogens is 3. The molecule has 4 rings (SSSR count). The number of hydrogen-bond acceptors (Lipinski definition) is 4. The van der Waals surface area contributed by atoms with Crippen LogP contribution in [0.4, 0.5) is 0 Å². The van der Waals surface area contributed by atoms with E-state index in [4.69, 9.17) is 17.3 Å². The first-order valence-electron chi connectivity index (χ1n) is 9.57. The smallest absolute Gasteiger partial charge is 0.254 e. The van der Waals surface area contributed by atoms with Crippen LogP contribution in [0.2, 0.25) is 5.02 Å². The van der Waals surface area contributed by atoms with Gasteiger partial charge >= 0.3 is 0 Å². The van der Waals surface area contributed by atoms with Gasteiger partial charge in [-0.2, -0.15) is 5.10 Å². The number of carbonyl (C=O) groups is 2. The molecule has 4 aromatic rings. The van der Waals surface area contributed by atoms with Crippen molar-refractivity contribution in [3.63, 3.8) is 0 Å². The van der Waals surface area contributed by atoms with Gasteiger partial charge in [0.25, 0.3) is 5.91 Å². The molecule has 2 aromatic carbocycles. The van der Waals surface area contributed by atoms with Gasteiger partial charge in [0.2, 0.25) is 5.91 Å². The molecule has 31 heavy (non-hydrogen) atoms. The minimum atomic E-state index is -0.649. The number of amides is 2. The predicted octanol–water partition coefficient (Wildman–Crippen LogP) is 3.67. The standard InChI is InChI=1S/C23H20ClN5O2/c1-29(2)23(31)18-10-14(6-7-17(18)21(25)30)15-11-19-20(27-28-22(19)26-12-15)9-13-4-3-5-16(24)8-13/h3-8,10-12H,9H2,1-2H3,(H2,25,30)(H,26,27,28). The molecule has 0 aliphatic heterocycles. The van der Waals surface area contributed by atoms with Crippen LogP contribution < -0.4 is 5.73 Å². The number of rotatable bonds is 5. The fraction of sp³-hybridized carbons (Fsp3) is 0.130. The number of carbonyl (C=O) groups excluding carboxylic acids is 2. The topological polar surface area (TPSA) is 105 Å². The molecule has 0 unspecified atom stereocenters. The highest BCUT2D eigenvalue weighted by Gasteiger charge is 2.18. The molecule has 0 saturated heterocycles. The Morgan fingerprint density at radius 1 is 1.06 bits per heavy atom. The molecular formula is C23H20ClN5O2. The van der Waals surface area contributed by atoms with E-state index in [1.54, 1.807) is 38.5 Å². The molecule has 2 aromatic heterocycles. The number of nitrogens with two attached hydrogens (primary N) is 1. The van der Waals surface area contributed by atoms with Crippen molar-refractivity contribution in [3.8, 4) is 11.1 Å². The lowest BCUT2D eigenvalue weighted by molar-refractivity contribution is 0.0821. The van der Waals surface area contributed by atoms with Crippen LogP contribution in [0.1, 0.15) is 32.0 Å². The maximum Gasteiger partial charge on any atom is 0.254 e. The highest BCUT2D eigenvalue weighted by molar-refractivity contribution is 6.30. The fourth-order valence-electron chi connectivity index (χ4n) is 3.45. The van der Waals surface area contributed by atoms with E-state index in [-0.39, 0.29) is 17.0 Å². The van der Waals surface area contributed by atoms with E-state index in [1.807, 2.05) is 30.3 Å². The second-order valence-electron chi connectivity index (χ2n) is 7.43. The maximum atomic E-state index is 12.6. The minimum Gasteiger partial charge on any atom is -0.366 e. The SMILES string of the molecule is CN(C)C(=O)c1cc(-c2cnc3n[nH]c(Cc4cccc(Cl)c4)c3c2)ccc1C(N)=O. The summed E-state index contributed by atoms with van der Waals surface area (Å²) in [5, 5.41) is 8.88. The van der Waals surface area contributed by atoms with E-state index >= 15 is 0 Å². The van der Waals surface area contributed by atoms with Gasteiger partial charge in [-0.3, -0.25) is 14.7 Å². The molecule has 0 saturated carbocycles. The molecule has 0 fully saturated rings. The van der Waals surface area contributed by atoms with Crippen LogP contribution >= 0.6 is 11.6 Å². The Hall–Kier alpha value is -3.71. The van der Waals surface area contributed by atoms with E-state index in [1.165, 1.54) is 4.90 Å². The fourth-order valence-corrected chi connectivity index (χ4v) is 3.66. The van der Waals surface area contributed by atoms with Crippen LogP contribution in [-0.4, -0.2) is 46.0 Å². The summed E-state index contributed by atoms with van der Waals surface area (Å²) in [5.41, 5.74) is 9.99. The van der Waals surface area contributed by atoms with Crippen molar-refractivity contribution in [1.82, 2.24) is 20.1 Å². The van der Waals surface area contributed by atoms with E-state index < -0.39 is 5.91 Å². The monoisotopic (exact) mass is 433 g/mol. The Labute approximate surface area is 183 Å². The zero-order valence-electron chi connectivity index (χ0n) is 17.0. The number of nitrogens with one attached hydrogen (secondary N) is 1. The van der Waals surface area contributed by atoms with E-state index in [9.17, 15) is 9.59 Å². The molecule has 2 heterocycles. The Kier molecular flexibility index (Phi) is 5.44. The number of fused-ring (bicyclic) bond motifs is 1. The summed E-state index contributed by atoms with van der Waals surface area (Å²) in [6.45, 7) is 0. The number of H-pyrrole nitrogens is 1. The summed E-state index contributed by atoms with van der Waals surface area (Å²) in [4.78, 5) is 30.2. The molecular weight excluding hydrogens is 414 g/mol. The molecule has 8 heteroatoms. The molecule has 0 aliphatic rings. The summed E-state index contributed by atoms with van der Waals surface area (Å²) in [6, 6.07) is 14.6. The van der Waals surface area contributed by atoms with Gasteiger partial charge in [0.15, 0.2) is 5.65 Å². The van der Waals surface area contributed by atoms with Crippen molar-refractivity contribution >= 4 is 34.4 Å². The first kappa shape index (κ1) is 20.6. The lowest BCUT2D eigenvalue weighted by Gasteiger charge is -2.14. The molecule has 3 N–H and O–H groups in total. The molecule has 7 nitrogen and oxygen atoms in total. The van der Waals surface area contributed by atoms with Crippen molar-refractivity contribution in [2.45, 2.75) is 6.42 Å². The minimum absolute atomic E-state index is 0.182. The van der Waals surface area contributed by atoms with Crippen LogP contribution in [-0.2, 0) is 6.42 Å². The number of benzene rings is 2. The summed E-state index contributed by atoms with van der Waals surface area (Å²) in [5.74, 6) is -0.946. The Morgan fingerprint density at radius 2 is 1.87 bits per heavy atom. The third-order valence-corrected chi connectivity index (χ3v) is 5.25. The number of primary amides is 1. The quantitative estimate of drug-likeness (QED) is 0.501. The van der Waals surface area contributed by atoms with E-state index in [0.29, 0.717) is 17.1 Å². The Morgan fingerprint density at radius 3 is 2.58 bits per heavy atom. The zero-order chi connectivity index (χ0) is 22.1. The van der Waals surface area contributed by atoms with Crippen molar-refractivity contribution in [3.05, 3.63) is 82.1 Å². The van der Waals surface area contributed by atoms with Crippen LogP contribution in [0.15, 0.2) is 54.7 Å². The Balaban J connectivity index is 1.77. The van der Waals surface area contributed by atoms with Crippen molar-refractivity contribution in [1.29, 1.82) is 0 Å². The first-order valence-corrected chi connectivity index (χ1v) is 9.94. The van der Waals surface area contributed by atoms with Crippen molar-refractivity contribution < 1.29 is 9.59 Å². The largest absolute Gasteiger partial charge is 0.366 e. The van der Waals surface area contributed by atoms with Crippen LogP contribution in [0, 0.1) is 0 Å². The van der Waals surface area contributed by atoms with E-state index in [0.717, 1.165) is 27.8 Å². The Bertz CT molecular complexity index is 1310. The second kappa shape index (κ2) is 8.20.